The predicted octanol–water partition coefficient (Wildman–Crippen LogP) is 10.8. The van der Waals surface area contributed by atoms with Crippen LogP contribution >= 0.6 is 0 Å². The second-order valence-electron chi connectivity index (χ2n) is 11.9. The molecular weight excluding hydrogens is 576 g/mol. The molecule has 3 aromatic heterocycles. The summed E-state index contributed by atoms with van der Waals surface area (Å²) >= 11 is 0. The van der Waals surface area contributed by atoms with Crippen molar-refractivity contribution in [2.24, 2.45) is 0 Å². The number of hydrogen-bond donors (Lipinski definition) is 0. The zero-order valence-electron chi connectivity index (χ0n) is 25.1. The van der Waals surface area contributed by atoms with Gasteiger partial charge in [-0.25, -0.2) is 15.0 Å². The quantitative estimate of drug-likeness (QED) is 0.189. The maximum absolute atomic E-state index is 6.47. The molecule has 0 aliphatic carbocycles. The number of furan rings is 1. The molecule has 5 heteroatoms. The second-order valence-corrected chi connectivity index (χ2v) is 11.9. The first-order valence-electron chi connectivity index (χ1n) is 15.6. The molecule has 0 spiro atoms. The number of hydrogen-bond acceptors (Lipinski definition) is 5. The molecule has 10 rings (SSSR count). The van der Waals surface area contributed by atoms with Crippen molar-refractivity contribution in [1.82, 2.24) is 19.9 Å². The molecule has 10 aromatic rings. The fourth-order valence-electron chi connectivity index (χ4n) is 6.95. The van der Waals surface area contributed by atoms with E-state index < -0.39 is 0 Å². The van der Waals surface area contributed by atoms with Gasteiger partial charge in [-0.2, -0.15) is 0 Å². The van der Waals surface area contributed by atoms with Crippen molar-refractivity contribution in [2.45, 2.75) is 0 Å². The van der Waals surface area contributed by atoms with Gasteiger partial charge in [0, 0.05) is 50.6 Å². The number of aromatic nitrogens is 4. The molecule has 0 saturated heterocycles. The summed E-state index contributed by atoms with van der Waals surface area (Å²) in [5, 5.41) is 11.4. The fraction of sp³-hybridized carbons (Fsp3) is 0. The van der Waals surface area contributed by atoms with E-state index in [2.05, 4.69) is 89.9 Å². The molecule has 0 atom stereocenters. The van der Waals surface area contributed by atoms with E-state index in [-0.39, 0.29) is 0 Å². The standard InChI is InChI=1S/C42H24N4O/c1-2-8-26(9-3-1)40-44-41(28-15-17-31-27(23-28)14-19-33-30-10-5-4-7-25(30)13-18-34(31)33)46-42(45-40)36-11-6-12-37-38(36)35-20-16-29-24-43-22-21-32(29)39(35)47-37/h1-24H. The Labute approximate surface area is 268 Å². The minimum absolute atomic E-state index is 0.599. The normalized spacial score (nSPS) is 11.8. The summed E-state index contributed by atoms with van der Waals surface area (Å²) < 4.78 is 6.47. The van der Waals surface area contributed by atoms with Gasteiger partial charge >= 0.3 is 0 Å². The van der Waals surface area contributed by atoms with Gasteiger partial charge in [0.05, 0.1) is 0 Å². The summed E-state index contributed by atoms with van der Waals surface area (Å²) in [5.74, 6) is 1.84. The van der Waals surface area contributed by atoms with Gasteiger partial charge in [-0.1, -0.05) is 109 Å². The molecule has 0 aliphatic heterocycles. The molecule has 7 aromatic carbocycles. The highest BCUT2D eigenvalue weighted by molar-refractivity contribution is 6.19. The van der Waals surface area contributed by atoms with Crippen LogP contribution in [0.15, 0.2) is 150 Å². The third-order valence-corrected chi connectivity index (χ3v) is 9.19. The lowest BCUT2D eigenvalue weighted by Crippen LogP contribution is -2.00. The predicted molar refractivity (Wildman–Crippen MR) is 191 cm³/mol. The van der Waals surface area contributed by atoms with Crippen LogP contribution in [0.3, 0.4) is 0 Å². The van der Waals surface area contributed by atoms with Crippen molar-refractivity contribution in [3.05, 3.63) is 146 Å². The highest BCUT2D eigenvalue weighted by Gasteiger charge is 2.19. The zero-order chi connectivity index (χ0) is 30.9. The van der Waals surface area contributed by atoms with Crippen LogP contribution in [-0.2, 0) is 0 Å². The Kier molecular flexibility index (Phi) is 5.51. The number of pyridine rings is 1. The van der Waals surface area contributed by atoms with E-state index in [1.807, 2.05) is 54.7 Å². The van der Waals surface area contributed by atoms with Crippen molar-refractivity contribution in [3.8, 4) is 34.2 Å². The van der Waals surface area contributed by atoms with Crippen LogP contribution < -0.4 is 0 Å². The zero-order valence-corrected chi connectivity index (χ0v) is 25.1. The van der Waals surface area contributed by atoms with Crippen LogP contribution in [0.2, 0.25) is 0 Å². The largest absolute Gasteiger partial charge is 0.455 e. The maximum atomic E-state index is 6.47. The van der Waals surface area contributed by atoms with Crippen LogP contribution in [0.1, 0.15) is 0 Å². The van der Waals surface area contributed by atoms with Crippen LogP contribution in [0.5, 0.6) is 0 Å². The van der Waals surface area contributed by atoms with E-state index in [0.29, 0.717) is 17.5 Å². The van der Waals surface area contributed by atoms with Crippen LogP contribution in [0.4, 0.5) is 0 Å². The van der Waals surface area contributed by atoms with Crippen molar-refractivity contribution in [2.75, 3.05) is 0 Å². The average molecular weight is 601 g/mol. The summed E-state index contributed by atoms with van der Waals surface area (Å²) in [6.45, 7) is 0. The fourth-order valence-corrected chi connectivity index (χ4v) is 6.95. The molecular formula is C42H24N4O. The molecule has 0 N–H and O–H groups in total. The number of rotatable bonds is 3. The Bertz CT molecular complexity index is 2860. The van der Waals surface area contributed by atoms with E-state index >= 15 is 0 Å². The van der Waals surface area contributed by atoms with Gasteiger partial charge in [0.25, 0.3) is 0 Å². The molecule has 0 radical (unpaired) electrons. The minimum Gasteiger partial charge on any atom is -0.455 e. The molecule has 0 saturated carbocycles. The summed E-state index contributed by atoms with van der Waals surface area (Å²) in [5.41, 5.74) is 4.38. The summed E-state index contributed by atoms with van der Waals surface area (Å²) in [6, 6.07) is 46.3. The van der Waals surface area contributed by atoms with Crippen LogP contribution in [0.25, 0.3) is 99.2 Å². The minimum atomic E-state index is 0.599. The smallest absolute Gasteiger partial charge is 0.164 e. The van der Waals surface area contributed by atoms with E-state index in [0.717, 1.165) is 54.8 Å². The lowest BCUT2D eigenvalue weighted by molar-refractivity contribution is 0.672. The molecule has 0 amide bonds. The van der Waals surface area contributed by atoms with Crippen LogP contribution in [0, 0.1) is 0 Å². The average Bonchev–Trinajstić information content (AvgIpc) is 3.54. The van der Waals surface area contributed by atoms with Crippen molar-refractivity contribution >= 4 is 65.0 Å². The molecule has 218 valence electrons. The van der Waals surface area contributed by atoms with Gasteiger partial charge in [0.2, 0.25) is 0 Å². The first kappa shape index (κ1) is 25.8. The molecule has 0 fully saturated rings. The number of benzene rings is 7. The molecule has 0 aliphatic rings. The maximum Gasteiger partial charge on any atom is 0.164 e. The van der Waals surface area contributed by atoms with Gasteiger partial charge in [-0.05, 0) is 56.6 Å². The first-order chi connectivity index (χ1) is 23.3. The van der Waals surface area contributed by atoms with Gasteiger partial charge in [-0.15, -0.1) is 0 Å². The van der Waals surface area contributed by atoms with Gasteiger partial charge < -0.3 is 4.42 Å². The third kappa shape index (κ3) is 4.03. The van der Waals surface area contributed by atoms with Gasteiger partial charge in [-0.3, -0.25) is 4.98 Å². The Morgan fingerprint density at radius 3 is 2.02 bits per heavy atom. The first-order valence-corrected chi connectivity index (χ1v) is 15.6. The Morgan fingerprint density at radius 2 is 1.13 bits per heavy atom. The third-order valence-electron chi connectivity index (χ3n) is 9.19. The molecule has 0 bridgehead atoms. The lowest BCUT2D eigenvalue weighted by atomic mass is 9.96. The second kappa shape index (κ2) is 10.0. The summed E-state index contributed by atoms with van der Waals surface area (Å²) in [4.78, 5) is 19.5. The van der Waals surface area contributed by atoms with E-state index in [4.69, 9.17) is 19.4 Å². The monoisotopic (exact) mass is 600 g/mol. The molecule has 0 unspecified atom stereocenters. The van der Waals surface area contributed by atoms with E-state index in [1.165, 1.54) is 26.9 Å². The summed E-state index contributed by atoms with van der Waals surface area (Å²) in [7, 11) is 0. The SMILES string of the molecule is c1ccc(-c2nc(-c3ccc4c(ccc5c6ccccc6ccc45)c3)nc(-c3cccc4oc5c6ccncc6ccc5c34)n2)cc1. The van der Waals surface area contributed by atoms with Crippen molar-refractivity contribution < 1.29 is 4.42 Å². The van der Waals surface area contributed by atoms with Gasteiger partial charge in [0.15, 0.2) is 17.5 Å². The molecule has 3 heterocycles. The summed E-state index contributed by atoms with van der Waals surface area (Å²) in [6.07, 6.45) is 3.66. The van der Waals surface area contributed by atoms with Crippen molar-refractivity contribution in [1.29, 1.82) is 0 Å². The van der Waals surface area contributed by atoms with Crippen molar-refractivity contribution in [3.63, 3.8) is 0 Å². The highest BCUT2D eigenvalue weighted by atomic mass is 16.3. The Balaban J connectivity index is 1.20. The Morgan fingerprint density at radius 1 is 0.426 bits per heavy atom. The van der Waals surface area contributed by atoms with Crippen LogP contribution in [-0.4, -0.2) is 19.9 Å². The Hall–Kier alpha value is -6.46. The lowest BCUT2D eigenvalue weighted by Gasteiger charge is -2.11. The van der Waals surface area contributed by atoms with Gasteiger partial charge in [0.1, 0.15) is 11.2 Å². The number of nitrogens with zero attached hydrogens (tertiary/aromatic N) is 4. The van der Waals surface area contributed by atoms with E-state index in [1.54, 1.807) is 6.20 Å². The molecule has 47 heavy (non-hydrogen) atoms. The molecule has 5 nitrogen and oxygen atoms in total. The topological polar surface area (TPSA) is 64.7 Å². The van der Waals surface area contributed by atoms with E-state index in [9.17, 15) is 0 Å². The number of fused-ring (bicyclic) bond motifs is 10. The highest BCUT2D eigenvalue weighted by Crippen LogP contribution is 2.39.